The van der Waals surface area contributed by atoms with Gasteiger partial charge in [0.05, 0.1) is 7.11 Å². The van der Waals surface area contributed by atoms with E-state index in [1.807, 2.05) is 6.20 Å². The minimum absolute atomic E-state index is 0.800. The van der Waals surface area contributed by atoms with Gasteiger partial charge in [-0.2, -0.15) is 0 Å². The fourth-order valence-corrected chi connectivity index (χ4v) is 2.74. The van der Waals surface area contributed by atoms with Crippen LogP contribution in [0.4, 0.5) is 5.69 Å². The Bertz CT molecular complexity index is 774. The number of anilines is 1. The molecule has 0 bridgehead atoms. The SMILES string of the molecule is COc1c(C)ccc(NCc2ccc3[nH]ccc3c2)c1C. The predicted octanol–water partition coefficient (Wildman–Crippen LogP) is 4.41. The lowest BCUT2D eigenvalue weighted by Crippen LogP contribution is -2.02. The van der Waals surface area contributed by atoms with Crippen molar-refractivity contribution < 1.29 is 4.74 Å². The summed E-state index contributed by atoms with van der Waals surface area (Å²) in [4.78, 5) is 3.21. The standard InChI is InChI=1S/C18H20N2O/c1-12-4-6-16(13(2)18(12)21-3)20-11-14-5-7-17-15(10-14)8-9-19-17/h4-10,19-20H,11H2,1-3H3. The molecule has 0 atom stereocenters. The molecule has 0 saturated carbocycles. The molecule has 0 spiro atoms. The average Bonchev–Trinajstić information content (AvgIpc) is 2.94. The fourth-order valence-electron chi connectivity index (χ4n) is 2.74. The van der Waals surface area contributed by atoms with Crippen molar-refractivity contribution in [2.45, 2.75) is 20.4 Å². The third-order valence-corrected chi connectivity index (χ3v) is 3.91. The van der Waals surface area contributed by atoms with E-state index in [4.69, 9.17) is 4.74 Å². The second-order valence-corrected chi connectivity index (χ2v) is 5.34. The van der Waals surface area contributed by atoms with E-state index in [0.717, 1.165) is 29.1 Å². The van der Waals surface area contributed by atoms with Gasteiger partial charge in [-0.05, 0) is 54.6 Å². The van der Waals surface area contributed by atoms with Crippen LogP contribution >= 0.6 is 0 Å². The summed E-state index contributed by atoms with van der Waals surface area (Å²) in [5.74, 6) is 0.959. The summed E-state index contributed by atoms with van der Waals surface area (Å²) in [5, 5.41) is 4.74. The van der Waals surface area contributed by atoms with Crippen LogP contribution in [0.25, 0.3) is 10.9 Å². The van der Waals surface area contributed by atoms with Gasteiger partial charge in [-0.1, -0.05) is 12.1 Å². The van der Waals surface area contributed by atoms with Gasteiger partial charge in [-0.15, -0.1) is 0 Å². The highest BCUT2D eigenvalue weighted by atomic mass is 16.5. The highest BCUT2D eigenvalue weighted by Gasteiger charge is 2.07. The molecule has 3 aromatic rings. The van der Waals surface area contributed by atoms with Crippen molar-refractivity contribution >= 4 is 16.6 Å². The lowest BCUT2D eigenvalue weighted by atomic mass is 10.1. The van der Waals surface area contributed by atoms with Crippen molar-refractivity contribution in [1.29, 1.82) is 0 Å². The average molecular weight is 280 g/mol. The zero-order chi connectivity index (χ0) is 14.8. The molecule has 0 unspecified atom stereocenters. The summed E-state index contributed by atoms with van der Waals surface area (Å²) in [7, 11) is 1.72. The summed E-state index contributed by atoms with van der Waals surface area (Å²) < 4.78 is 5.47. The zero-order valence-corrected chi connectivity index (χ0v) is 12.7. The molecule has 3 nitrogen and oxygen atoms in total. The Morgan fingerprint density at radius 2 is 1.95 bits per heavy atom. The van der Waals surface area contributed by atoms with Gasteiger partial charge in [0.2, 0.25) is 0 Å². The van der Waals surface area contributed by atoms with Crippen molar-refractivity contribution in [1.82, 2.24) is 4.98 Å². The van der Waals surface area contributed by atoms with Gasteiger partial charge in [-0.25, -0.2) is 0 Å². The molecule has 3 rings (SSSR count). The third-order valence-electron chi connectivity index (χ3n) is 3.91. The molecule has 0 aliphatic rings. The van der Waals surface area contributed by atoms with E-state index in [9.17, 15) is 0 Å². The number of methoxy groups -OCH3 is 1. The topological polar surface area (TPSA) is 37.0 Å². The molecule has 3 heteroatoms. The van der Waals surface area contributed by atoms with E-state index < -0.39 is 0 Å². The number of aromatic nitrogens is 1. The first-order valence-electron chi connectivity index (χ1n) is 7.13. The highest BCUT2D eigenvalue weighted by Crippen LogP contribution is 2.29. The van der Waals surface area contributed by atoms with Gasteiger partial charge >= 0.3 is 0 Å². The molecule has 0 aliphatic carbocycles. The molecule has 0 aliphatic heterocycles. The number of ether oxygens (including phenoxy) is 1. The first kappa shape index (κ1) is 13.6. The first-order valence-corrected chi connectivity index (χ1v) is 7.13. The third kappa shape index (κ3) is 2.59. The van der Waals surface area contributed by atoms with E-state index in [0.29, 0.717) is 0 Å². The van der Waals surface area contributed by atoms with E-state index in [1.54, 1.807) is 7.11 Å². The zero-order valence-electron chi connectivity index (χ0n) is 12.7. The normalized spacial score (nSPS) is 10.8. The lowest BCUT2D eigenvalue weighted by molar-refractivity contribution is 0.409. The Balaban J connectivity index is 1.81. The number of hydrogen-bond donors (Lipinski definition) is 2. The number of aromatic amines is 1. The van der Waals surface area contributed by atoms with Gasteiger partial charge in [0, 0.05) is 29.5 Å². The predicted molar refractivity (Wildman–Crippen MR) is 88.1 cm³/mol. The summed E-state index contributed by atoms with van der Waals surface area (Å²) >= 11 is 0. The maximum absolute atomic E-state index is 5.47. The molecular formula is C18H20N2O. The second kappa shape index (κ2) is 5.52. The minimum atomic E-state index is 0.800. The van der Waals surface area contributed by atoms with Crippen molar-refractivity contribution in [2.75, 3.05) is 12.4 Å². The number of hydrogen-bond acceptors (Lipinski definition) is 2. The molecule has 2 N–H and O–H groups in total. The van der Waals surface area contributed by atoms with Gasteiger partial charge < -0.3 is 15.0 Å². The molecule has 0 fully saturated rings. The molecule has 108 valence electrons. The van der Waals surface area contributed by atoms with Crippen molar-refractivity contribution in [3.8, 4) is 5.75 Å². The molecule has 0 radical (unpaired) electrons. The Hall–Kier alpha value is -2.42. The first-order chi connectivity index (χ1) is 10.2. The summed E-state index contributed by atoms with van der Waals surface area (Å²) in [5.41, 5.74) is 5.87. The van der Waals surface area contributed by atoms with E-state index in [2.05, 4.69) is 60.5 Å². The highest BCUT2D eigenvalue weighted by molar-refractivity contribution is 5.80. The molecule has 0 saturated heterocycles. The monoisotopic (exact) mass is 280 g/mol. The van der Waals surface area contributed by atoms with E-state index in [1.165, 1.54) is 16.5 Å². The van der Waals surface area contributed by atoms with Crippen LogP contribution in [0.3, 0.4) is 0 Å². The van der Waals surface area contributed by atoms with Crippen LogP contribution in [-0.2, 0) is 6.54 Å². The lowest BCUT2D eigenvalue weighted by Gasteiger charge is -2.15. The Morgan fingerprint density at radius 3 is 2.76 bits per heavy atom. The van der Waals surface area contributed by atoms with Gasteiger partial charge in [-0.3, -0.25) is 0 Å². The van der Waals surface area contributed by atoms with Gasteiger partial charge in [0.15, 0.2) is 0 Å². The minimum Gasteiger partial charge on any atom is -0.496 e. The molecule has 1 aromatic heterocycles. The Labute approximate surface area is 125 Å². The fraction of sp³-hybridized carbons (Fsp3) is 0.222. The van der Waals surface area contributed by atoms with Crippen molar-refractivity contribution in [2.24, 2.45) is 0 Å². The Kier molecular flexibility index (Phi) is 3.57. The van der Waals surface area contributed by atoms with Crippen LogP contribution in [0.1, 0.15) is 16.7 Å². The van der Waals surface area contributed by atoms with Crippen LogP contribution in [0, 0.1) is 13.8 Å². The van der Waals surface area contributed by atoms with Gasteiger partial charge in [0.1, 0.15) is 5.75 Å². The number of H-pyrrole nitrogens is 1. The number of aryl methyl sites for hydroxylation is 1. The Morgan fingerprint density at radius 1 is 1.10 bits per heavy atom. The summed E-state index contributed by atoms with van der Waals surface area (Å²) in [6, 6.07) is 12.8. The maximum atomic E-state index is 5.47. The van der Waals surface area contributed by atoms with Crippen LogP contribution in [0.5, 0.6) is 5.75 Å². The largest absolute Gasteiger partial charge is 0.496 e. The van der Waals surface area contributed by atoms with E-state index >= 15 is 0 Å². The number of fused-ring (bicyclic) bond motifs is 1. The smallest absolute Gasteiger partial charge is 0.126 e. The second-order valence-electron chi connectivity index (χ2n) is 5.34. The number of benzene rings is 2. The van der Waals surface area contributed by atoms with Crippen LogP contribution in [0.15, 0.2) is 42.6 Å². The molecule has 0 amide bonds. The van der Waals surface area contributed by atoms with Crippen LogP contribution in [-0.4, -0.2) is 12.1 Å². The quantitative estimate of drug-likeness (QED) is 0.743. The maximum Gasteiger partial charge on any atom is 0.126 e. The van der Waals surface area contributed by atoms with Crippen molar-refractivity contribution in [3.05, 3.63) is 59.3 Å². The van der Waals surface area contributed by atoms with Crippen LogP contribution in [0.2, 0.25) is 0 Å². The summed E-state index contributed by atoms with van der Waals surface area (Å²) in [6.07, 6.45) is 1.97. The number of rotatable bonds is 4. The van der Waals surface area contributed by atoms with Crippen LogP contribution < -0.4 is 10.1 Å². The number of nitrogens with one attached hydrogen (secondary N) is 2. The van der Waals surface area contributed by atoms with Crippen molar-refractivity contribution in [3.63, 3.8) is 0 Å². The molecule has 1 heterocycles. The van der Waals surface area contributed by atoms with Gasteiger partial charge in [0.25, 0.3) is 0 Å². The van der Waals surface area contributed by atoms with E-state index in [-0.39, 0.29) is 0 Å². The molecule has 21 heavy (non-hydrogen) atoms. The molecule has 2 aromatic carbocycles. The molecular weight excluding hydrogens is 260 g/mol. The summed E-state index contributed by atoms with van der Waals surface area (Å²) in [6.45, 7) is 4.95.